The van der Waals surface area contributed by atoms with Gasteiger partial charge in [-0.3, -0.25) is 9.59 Å². The van der Waals surface area contributed by atoms with Crippen LogP contribution in [0.3, 0.4) is 0 Å². The van der Waals surface area contributed by atoms with Crippen molar-refractivity contribution in [3.05, 3.63) is 28.2 Å². The molecule has 1 heterocycles. The van der Waals surface area contributed by atoms with Crippen molar-refractivity contribution in [3.63, 3.8) is 0 Å². The van der Waals surface area contributed by atoms with Gasteiger partial charge in [0.2, 0.25) is 11.8 Å². The van der Waals surface area contributed by atoms with E-state index in [0.717, 1.165) is 28.8 Å². The van der Waals surface area contributed by atoms with E-state index >= 15 is 0 Å². The lowest BCUT2D eigenvalue weighted by molar-refractivity contribution is -0.126. The van der Waals surface area contributed by atoms with Crippen molar-refractivity contribution >= 4 is 45.8 Å². The van der Waals surface area contributed by atoms with Gasteiger partial charge in [-0.15, -0.1) is 12.4 Å². The third-order valence-corrected chi connectivity index (χ3v) is 4.55. The number of benzene rings is 1. The van der Waals surface area contributed by atoms with Crippen molar-refractivity contribution < 1.29 is 9.59 Å². The molecule has 0 spiro atoms. The predicted octanol–water partition coefficient (Wildman–Crippen LogP) is 2.48. The Kier molecular flexibility index (Phi) is 8.02. The summed E-state index contributed by atoms with van der Waals surface area (Å²) in [6.45, 7) is 6.04. The molecule has 0 aliphatic carbocycles. The molecule has 0 radical (unpaired) electrons. The Hall–Kier alpha value is -1.11. The number of carbonyl (C=O) groups is 2. The van der Waals surface area contributed by atoms with Gasteiger partial charge in [0.05, 0.1) is 0 Å². The summed E-state index contributed by atoms with van der Waals surface area (Å²) >= 11 is 3.39. The molecule has 1 atom stereocenters. The zero-order chi connectivity index (χ0) is 16.1. The van der Waals surface area contributed by atoms with Gasteiger partial charge in [-0.05, 0) is 43.6 Å². The maximum absolute atomic E-state index is 11.9. The van der Waals surface area contributed by atoms with Gasteiger partial charge in [-0.25, -0.2) is 0 Å². The molecule has 2 amide bonds. The average molecular weight is 405 g/mol. The topological polar surface area (TPSA) is 70.2 Å². The zero-order valence-electron chi connectivity index (χ0n) is 13.3. The van der Waals surface area contributed by atoms with Gasteiger partial charge in [-0.1, -0.05) is 28.9 Å². The van der Waals surface area contributed by atoms with E-state index in [1.165, 1.54) is 0 Å². The van der Waals surface area contributed by atoms with E-state index in [9.17, 15) is 9.59 Å². The van der Waals surface area contributed by atoms with Crippen LogP contribution in [0.2, 0.25) is 0 Å². The molecule has 1 aliphatic rings. The van der Waals surface area contributed by atoms with Crippen LogP contribution in [0.4, 0.5) is 5.69 Å². The molecule has 0 aromatic heterocycles. The van der Waals surface area contributed by atoms with E-state index in [-0.39, 0.29) is 36.6 Å². The molecule has 1 saturated heterocycles. The lowest BCUT2D eigenvalue weighted by Gasteiger charge is -2.31. The Bertz CT molecular complexity index is 564. The summed E-state index contributed by atoms with van der Waals surface area (Å²) < 4.78 is 0.921. The first-order chi connectivity index (χ1) is 10.5. The normalized spacial score (nSPS) is 15.1. The number of hydrogen-bond acceptors (Lipinski definition) is 3. The standard InChI is InChI=1S/C16H22BrN3O2.ClH/c1-10-3-4-13(17)7-14(10)20-15(21)5-6-19-16(22)11(2)12-8-18-9-12;/h3-4,7,11-12,18H,5-6,8-9H2,1-2H3,(H,19,22)(H,20,21);1H. The molecule has 1 fully saturated rings. The lowest BCUT2D eigenvalue weighted by Crippen LogP contribution is -2.49. The highest BCUT2D eigenvalue weighted by Crippen LogP contribution is 2.20. The lowest BCUT2D eigenvalue weighted by atomic mass is 9.88. The molecule has 2 rings (SSSR count). The summed E-state index contributed by atoms with van der Waals surface area (Å²) in [6.07, 6.45) is 0.271. The SMILES string of the molecule is Cc1ccc(Br)cc1NC(=O)CCNC(=O)C(C)C1CNC1.Cl. The Morgan fingerprint density at radius 1 is 1.39 bits per heavy atom. The highest BCUT2D eigenvalue weighted by molar-refractivity contribution is 9.10. The molecule has 1 aromatic rings. The van der Waals surface area contributed by atoms with Crippen LogP contribution < -0.4 is 16.0 Å². The second kappa shape index (κ2) is 9.25. The van der Waals surface area contributed by atoms with Crippen molar-refractivity contribution in [2.24, 2.45) is 11.8 Å². The summed E-state index contributed by atoms with van der Waals surface area (Å²) in [5.41, 5.74) is 1.80. The minimum atomic E-state index is -0.0977. The molecule has 7 heteroatoms. The summed E-state index contributed by atoms with van der Waals surface area (Å²) in [4.78, 5) is 23.9. The fraction of sp³-hybridized carbons (Fsp3) is 0.500. The average Bonchev–Trinajstić information content (AvgIpc) is 2.40. The fourth-order valence-electron chi connectivity index (χ4n) is 2.28. The highest BCUT2D eigenvalue weighted by Gasteiger charge is 2.28. The number of carbonyl (C=O) groups excluding carboxylic acids is 2. The first-order valence-corrected chi connectivity index (χ1v) is 8.31. The van der Waals surface area contributed by atoms with E-state index in [1.54, 1.807) is 0 Å². The third-order valence-electron chi connectivity index (χ3n) is 4.06. The van der Waals surface area contributed by atoms with E-state index in [2.05, 4.69) is 31.9 Å². The van der Waals surface area contributed by atoms with Crippen LogP contribution in [-0.4, -0.2) is 31.4 Å². The second-order valence-corrected chi connectivity index (χ2v) is 6.67. The second-order valence-electron chi connectivity index (χ2n) is 5.76. The molecule has 23 heavy (non-hydrogen) atoms. The number of aryl methyl sites for hydroxylation is 1. The number of hydrogen-bond donors (Lipinski definition) is 3. The molecule has 1 unspecified atom stereocenters. The first kappa shape index (κ1) is 19.9. The van der Waals surface area contributed by atoms with E-state index in [4.69, 9.17) is 0 Å². The quantitative estimate of drug-likeness (QED) is 0.682. The number of halogens is 2. The number of rotatable bonds is 6. The number of amides is 2. The Morgan fingerprint density at radius 3 is 2.70 bits per heavy atom. The summed E-state index contributed by atoms with van der Waals surface area (Å²) in [6, 6.07) is 5.75. The Balaban J connectivity index is 0.00000264. The minimum Gasteiger partial charge on any atom is -0.355 e. The van der Waals surface area contributed by atoms with Crippen molar-refractivity contribution in [1.29, 1.82) is 0 Å². The monoisotopic (exact) mass is 403 g/mol. The van der Waals surface area contributed by atoms with Crippen LogP contribution in [0.1, 0.15) is 18.9 Å². The summed E-state index contributed by atoms with van der Waals surface area (Å²) in [7, 11) is 0. The van der Waals surface area contributed by atoms with Crippen molar-refractivity contribution in [1.82, 2.24) is 10.6 Å². The van der Waals surface area contributed by atoms with Gasteiger partial charge in [-0.2, -0.15) is 0 Å². The number of anilines is 1. The van der Waals surface area contributed by atoms with Crippen molar-refractivity contribution in [2.45, 2.75) is 20.3 Å². The van der Waals surface area contributed by atoms with Crippen molar-refractivity contribution in [2.75, 3.05) is 25.0 Å². The van der Waals surface area contributed by atoms with Crippen LogP contribution in [0.25, 0.3) is 0 Å². The molecule has 128 valence electrons. The Labute approximate surface area is 151 Å². The van der Waals surface area contributed by atoms with Gasteiger partial charge in [0, 0.05) is 29.0 Å². The predicted molar refractivity (Wildman–Crippen MR) is 97.9 cm³/mol. The van der Waals surface area contributed by atoms with E-state index in [1.807, 2.05) is 32.0 Å². The first-order valence-electron chi connectivity index (χ1n) is 7.52. The molecule has 1 aromatic carbocycles. The molecular formula is C16H23BrClN3O2. The molecular weight excluding hydrogens is 382 g/mol. The van der Waals surface area contributed by atoms with Crippen molar-refractivity contribution in [3.8, 4) is 0 Å². The van der Waals surface area contributed by atoms with Crippen LogP contribution in [-0.2, 0) is 9.59 Å². The van der Waals surface area contributed by atoms with Crippen LogP contribution >= 0.6 is 28.3 Å². The van der Waals surface area contributed by atoms with E-state index < -0.39 is 0 Å². The fourth-order valence-corrected chi connectivity index (χ4v) is 2.64. The van der Waals surface area contributed by atoms with Gasteiger partial charge in [0.25, 0.3) is 0 Å². The van der Waals surface area contributed by atoms with Crippen LogP contribution in [0, 0.1) is 18.8 Å². The maximum Gasteiger partial charge on any atom is 0.226 e. The number of nitrogens with one attached hydrogen (secondary N) is 3. The molecule has 1 aliphatic heterocycles. The third kappa shape index (κ3) is 5.79. The smallest absolute Gasteiger partial charge is 0.226 e. The van der Waals surface area contributed by atoms with Gasteiger partial charge in [0.15, 0.2) is 0 Å². The summed E-state index contributed by atoms with van der Waals surface area (Å²) in [5.74, 6) is 0.340. The van der Waals surface area contributed by atoms with Crippen LogP contribution in [0.5, 0.6) is 0 Å². The largest absolute Gasteiger partial charge is 0.355 e. The van der Waals surface area contributed by atoms with Crippen LogP contribution in [0.15, 0.2) is 22.7 Å². The Morgan fingerprint density at radius 2 is 2.09 bits per heavy atom. The van der Waals surface area contributed by atoms with E-state index in [0.29, 0.717) is 12.5 Å². The van der Waals surface area contributed by atoms with Gasteiger partial charge < -0.3 is 16.0 Å². The van der Waals surface area contributed by atoms with Gasteiger partial charge in [0.1, 0.15) is 0 Å². The maximum atomic E-state index is 11.9. The molecule has 0 saturated carbocycles. The molecule has 0 bridgehead atoms. The minimum absolute atomic E-state index is 0. The molecule has 5 nitrogen and oxygen atoms in total. The van der Waals surface area contributed by atoms with Gasteiger partial charge >= 0.3 is 0 Å². The highest BCUT2D eigenvalue weighted by atomic mass is 79.9. The summed E-state index contributed by atoms with van der Waals surface area (Å²) in [5, 5.41) is 8.87. The zero-order valence-corrected chi connectivity index (χ0v) is 15.7. The molecule has 3 N–H and O–H groups in total.